The number of pyridine rings is 1. The molecule has 2 aromatic heterocycles. The summed E-state index contributed by atoms with van der Waals surface area (Å²) in [6.07, 6.45) is 2.90. The molecule has 0 aliphatic rings. The number of benzene rings is 1. The highest BCUT2D eigenvalue weighted by atomic mass is 32.1. The number of hydrogen-bond donors (Lipinski definition) is 1. The number of nitrogens with one attached hydrogen (secondary N) is 1. The molecule has 0 aliphatic carbocycles. The Morgan fingerprint density at radius 1 is 1.35 bits per heavy atom. The van der Waals surface area contributed by atoms with Gasteiger partial charge in [0.2, 0.25) is 0 Å². The van der Waals surface area contributed by atoms with Crippen LogP contribution < -0.4 is 10.1 Å². The monoisotopic (exact) mass is 374 g/mol. The number of ether oxygens (including phenoxy) is 2. The Morgan fingerprint density at radius 3 is 2.96 bits per heavy atom. The number of hydrogen-bond acceptors (Lipinski definition) is 8. The van der Waals surface area contributed by atoms with Crippen LogP contribution in [0.25, 0.3) is 10.1 Å². The van der Waals surface area contributed by atoms with E-state index in [9.17, 15) is 14.9 Å². The molecule has 0 unspecified atom stereocenters. The Kier molecular flexibility index (Phi) is 5.34. The minimum Gasteiger partial charge on any atom is -0.490 e. The van der Waals surface area contributed by atoms with Crippen molar-refractivity contribution in [1.29, 1.82) is 0 Å². The molecule has 0 bridgehead atoms. The lowest BCUT2D eigenvalue weighted by atomic mass is 10.2. The topological polar surface area (TPSA) is 116 Å². The lowest BCUT2D eigenvalue weighted by Crippen LogP contribution is -2.15. The zero-order chi connectivity index (χ0) is 18.5. The second kappa shape index (κ2) is 7.85. The highest BCUT2D eigenvalue weighted by molar-refractivity contribution is 7.13. The average Bonchev–Trinajstić information content (AvgIpc) is 3.04. The van der Waals surface area contributed by atoms with E-state index in [0.717, 1.165) is 16.2 Å². The first-order chi connectivity index (χ1) is 12.6. The van der Waals surface area contributed by atoms with Crippen molar-refractivity contribution in [3.8, 4) is 5.75 Å². The van der Waals surface area contributed by atoms with Gasteiger partial charge in [-0.25, -0.2) is 0 Å². The zero-order valence-corrected chi connectivity index (χ0v) is 14.5. The van der Waals surface area contributed by atoms with Crippen LogP contribution in [0, 0.1) is 10.1 Å². The number of anilines is 1. The van der Waals surface area contributed by atoms with Crippen LogP contribution in [-0.2, 0) is 4.74 Å². The highest BCUT2D eigenvalue weighted by Crippen LogP contribution is 2.30. The van der Waals surface area contributed by atoms with Gasteiger partial charge < -0.3 is 14.8 Å². The van der Waals surface area contributed by atoms with Gasteiger partial charge in [-0.05, 0) is 23.7 Å². The van der Waals surface area contributed by atoms with Crippen LogP contribution in [-0.4, -0.2) is 40.5 Å². The minimum atomic E-state index is -0.494. The normalized spacial score (nSPS) is 10.7. The Hall–Kier alpha value is -3.11. The molecular formula is C16H14N4O5S. The quantitative estimate of drug-likeness (QED) is 0.384. The minimum absolute atomic E-state index is 0.0711. The predicted octanol–water partition coefficient (Wildman–Crippen LogP) is 2.88. The van der Waals surface area contributed by atoms with E-state index in [0.29, 0.717) is 17.7 Å². The molecule has 0 spiro atoms. The number of carbonyl (C=O) groups is 1. The summed E-state index contributed by atoms with van der Waals surface area (Å²) >= 11 is 1.14. The fraction of sp³-hybridized carbons (Fsp3) is 0.188. The Balaban J connectivity index is 1.85. The van der Waals surface area contributed by atoms with Gasteiger partial charge in [0.1, 0.15) is 17.9 Å². The van der Waals surface area contributed by atoms with Gasteiger partial charge in [-0.2, -0.15) is 4.37 Å². The molecular weight excluding hydrogens is 360 g/mol. The van der Waals surface area contributed by atoms with Gasteiger partial charge in [0.25, 0.3) is 11.6 Å². The molecule has 1 N–H and O–H groups in total. The van der Waals surface area contributed by atoms with E-state index in [1.165, 1.54) is 24.5 Å². The summed E-state index contributed by atoms with van der Waals surface area (Å²) in [6.45, 7) is 0.663. The number of methoxy groups -OCH3 is 1. The first-order valence-corrected chi connectivity index (χ1v) is 8.28. The largest absolute Gasteiger partial charge is 0.490 e. The van der Waals surface area contributed by atoms with Crippen LogP contribution in [0.5, 0.6) is 5.75 Å². The van der Waals surface area contributed by atoms with Gasteiger partial charge in [0.15, 0.2) is 5.82 Å². The number of nitro groups is 1. The number of fused-ring (bicyclic) bond motifs is 1. The first kappa shape index (κ1) is 17.7. The maximum atomic E-state index is 12.6. The number of amides is 1. The lowest BCUT2D eigenvalue weighted by molar-refractivity contribution is -0.384. The van der Waals surface area contributed by atoms with Gasteiger partial charge in [-0.3, -0.25) is 19.9 Å². The van der Waals surface area contributed by atoms with Crippen molar-refractivity contribution in [2.24, 2.45) is 0 Å². The van der Waals surface area contributed by atoms with Crippen molar-refractivity contribution in [3.63, 3.8) is 0 Å². The second-order valence-electron chi connectivity index (χ2n) is 5.14. The SMILES string of the molecule is COCCOc1ccncc1C(=O)Nc1nsc2ccc([N+](=O)[O-])cc12. The molecule has 134 valence electrons. The summed E-state index contributed by atoms with van der Waals surface area (Å²) in [6, 6.07) is 5.96. The first-order valence-electron chi connectivity index (χ1n) is 7.51. The van der Waals surface area contributed by atoms with Crippen LogP contribution in [0.3, 0.4) is 0 Å². The van der Waals surface area contributed by atoms with Crippen LogP contribution in [0.1, 0.15) is 10.4 Å². The van der Waals surface area contributed by atoms with Crippen LogP contribution >= 0.6 is 11.5 Å². The zero-order valence-electron chi connectivity index (χ0n) is 13.7. The average molecular weight is 374 g/mol. The number of non-ortho nitro benzene ring substituents is 1. The lowest BCUT2D eigenvalue weighted by Gasteiger charge is -2.10. The summed E-state index contributed by atoms with van der Waals surface area (Å²) < 4.78 is 15.3. The van der Waals surface area contributed by atoms with Crippen molar-refractivity contribution < 1.29 is 19.2 Å². The van der Waals surface area contributed by atoms with E-state index in [1.807, 2.05) is 0 Å². The predicted molar refractivity (Wildman–Crippen MR) is 95.8 cm³/mol. The Morgan fingerprint density at radius 2 is 2.19 bits per heavy atom. The van der Waals surface area contributed by atoms with E-state index in [1.54, 1.807) is 19.2 Å². The number of nitrogens with zero attached hydrogens (tertiary/aromatic N) is 3. The molecule has 0 saturated carbocycles. The van der Waals surface area contributed by atoms with Crippen LogP contribution in [0.4, 0.5) is 11.5 Å². The third-order valence-electron chi connectivity index (χ3n) is 3.47. The van der Waals surface area contributed by atoms with Crippen LogP contribution in [0.2, 0.25) is 0 Å². The summed E-state index contributed by atoms with van der Waals surface area (Å²) in [5, 5.41) is 14.1. The smallest absolute Gasteiger partial charge is 0.270 e. The van der Waals surface area contributed by atoms with E-state index in [-0.39, 0.29) is 23.7 Å². The molecule has 0 radical (unpaired) electrons. The fourth-order valence-corrected chi connectivity index (χ4v) is 2.93. The standard InChI is InChI=1S/C16H14N4O5S/c1-24-6-7-25-13-4-5-17-9-12(13)16(21)18-15-11-8-10(20(22)23)2-3-14(11)26-19-15/h2-5,8-9H,6-7H2,1H3,(H,18,19,21). The van der Waals surface area contributed by atoms with Gasteiger partial charge in [-0.15, -0.1) is 0 Å². The number of rotatable bonds is 7. The van der Waals surface area contributed by atoms with Crippen molar-refractivity contribution in [2.45, 2.75) is 0 Å². The Bertz CT molecular complexity index is 959. The third-order valence-corrected chi connectivity index (χ3v) is 4.29. The third kappa shape index (κ3) is 3.76. The van der Waals surface area contributed by atoms with Gasteiger partial charge in [0.05, 0.1) is 16.2 Å². The molecule has 2 heterocycles. The molecule has 0 atom stereocenters. The van der Waals surface area contributed by atoms with Crippen LogP contribution in [0.15, 0.2) is 36.7 Å². The highest BCUT2D eigenvalue weighted by Gasteiger charge is 2.17. The maximum Gasteiger partial charge on any atom is 0.270 e. The molecule has 10 heteroatoms. The molecule has 26 heavy (non-hydrogen) atoms. The molecule has 0 aliphatic heterocycles. The maximum absolute atomic E-state index is 12.6. The molecule has 0 fully saturated rings. The van der Waals surface area contributed by atoms with Crippen molar-refractivity contribution in [1.82, 2.24) is 9.36 Å². The van der Waals surface area contributed by atoms with E-state index in [4.69, 9.17) is 9.47 Å². The molecule has 0 saturated heterocycles. The number of nitro benzene ring substituents is 1. The number of carbonyl (C=O) groups excluding carboxylic acids is 1. The van der Waals surface area contributed by atoms with E-state index in [2.05, 4.69) is 14.7 Å². The number of aromatic nitrogens is 2. The molecule has 3 rings (SSSR count). The van der Waals surface area contributed by atoms with Gasteiger partial charge in [0, 0.05) is 37.0 Å². The Labute approximate surface area is 151 Å². The summed E-state index contributed by atoms with van der Waals surface area (Å²) in [5.74, 6) is 0.148. The van der Waals surface area contributed by atoms with Gasteiger partial charge >= 0.3 is 0 Å². The van der Waals surface area contributed by atoms with Crippen molar-refractivity contribution in [3.05, 3.63) is 52.3 Å². The summed E-state index contributed by atoms with van der Waals surface area (Å²) in [5.41, 5.74) is 0.161. The summed E-state index contributed by atoms with van der Waals surface area (Å²) in [4.78, 5) is 27.0. The molecule has 1 amide bonds. The summed E-state index contributed by atoms with van der Waals surface area (Å²) in [7, 11) is 1.55. The fourth-order valence-electron chi connectivity index (χ4n) is 2.22. The van der Waals surface area contributed by atoms with Gasteiger partial charge in [-0.1, -0.05) is 0 Å². The molecule has 3 aromatic rings. The molecule has 1 aromatic carbocycles. The van der Waals surface area contributed by atoms with E-state index >= 15 is 0 Å². The molecule has 9 nitrogen and oxygen atoms in total. The second-order valence-corrected chi connectivity index (χ2v) is 5.94. The van der Waals surface area contributed by atoms with Crippen molar-refractivity contribution >= 4 is 39.0 Å². The van der Waals surface area contributed by atoms with E-state index < -0.39 is 10.8 Å². The van der Waals surface area contributed by atoms with Crippen molar-refractivity contribution in [2.75, 3.05) is 25.6 Å².